The van der Waals surface area contributed by atoms with E-state index in [9.17, 15) is 4.79 Å². The number of primary amides is 1. The summed E-state index contributed by atoms with van der Waals surface area (Å²) in [6.45, 7) is 2.75. The zero-order chi connectivity index (χ0) is 18.1. The predicted molar refractivity (Wildman–Crippen MR) is 101 cm³/mol. The van der Waals surface area contributed by atoms with Crippen molar-refractivity contribution in [3.8, 4) is 11.4 Å². The monoisotopic (exact) mass is 347 g/mol. The Hall–Kier alpha value is -3.02. The maximum atomic E-state index is 11.7. The summed E-state index contributed by atoms with van der Waals surface area (Å²) in [5.74, 6) is 1.10. The Morgan fingerprint density at radius 2 is 2.00 bits per heavy atom. The van der Waals surface area contributed by atoms with E-state index >= 15 is 0 Å². The molecule has 0 spiro atoms. The van der Waals surface area contributed by atoms with Crippen LogP contribution in [0.2, 0.25) is 0 Å². The smallest absolute Gasteiger partial charge is 0.222 e. The van der Waals surface area contributed by atoms with Crippen LogP contribution in [0.3, 0.4) is 0 Å². The highest BCUT2D eigenvalue weighted by Crippen LogP contribution is 2.32. The lowest BCUT2D eigenvalue weighted by atomic mass is 9.92. The number of hydrogen-bond acceptors (Lipinski definition) is 5. The van der Waals surface area contributed by atoms with Crippen LogP contribution in [0.15, 0.2) is 48.8 Å². The molecule has 4 rings (SSSR count). The zero-order valence-electron chi connectivity index (χ0n) is 14.7. The molecule has 0 radical (unpaired) electrons. The van der Waals surface area contributed by atoms with Crippen molar-refractivity contribution in [3.63, 3.8) is 0 Å². The van der Waals surface area contributed by atoms with Gasteiger partial charge < -0.3 is 10.6 Å². The molecule has 2 atom stereocenters. The molecule has 2 aromatic heterocycles. The summed E-state index contributed by atoms with van der Waals surface area (Å²) in [5, 5.41) is 0.983. The van der Waals surface area contributed by atoms with Gasteiger partial charge in [0.15, 0.2) is 5.82 Å². The van der Waals surface area contributed by atoms with Crippen LogP contribution in [-0.4, -0.2) is 33.4 Å². The van der Waals surface area contributed by atoms with Gasteiger partial charge in [-0.15, -0.1) is 0 Å². The largest absolute Gasteiger partial charge is 0.369 e. The molecule has 3 aromatic rings. The van der Waals surface area contributed by atoms with Crippen LogP contribution in [-0.2, 0) is 4.79 Å². The third-order valence-electron chi connectivity index (χ3n) is 5.06. The minimum atomic E-state index is -0.243. The van der Waals surface area contributed by atoms with Crippen LogP contribution in [0.4, 0.5) is 5.82 Å². The van der Waals surface area contributed by atoms with E-state index in [1.807, 2.05) is 36.4 Å². The highest BCUT2D eigenvalue weighted by atomic mass is 16.1. The highest BCUT2D eigenvalue weighted by Gasteiger charge is 2.30. The second-order valence-electron chi connectivity index (χ2n) is 6.81. The van der Waals surface area contributed by atoms with Crippen LogP contribution >= 0.6 is 0 Å². The zero-order valence-corrected chi connectivity index (χ0v) is 14.7. The first-order chi connectivity index (χ1) is 12.6. The van der Waals surface area contributed by atoms with E-state index in [2.05, 4.69) is 16.8 Å². The first kappa shape index (κ1) is 16.4. The fraction of sp³-hybridized carbons (Fsp3) is 0.300. The summed E-state index contributed by atoms with van der Waals surface area (Å²) in [5.41, 5.74) is 7.33. The second kappa shape index (κ2) is 6.71. The lowest BCUT2D eigenvalue weighted by Gasteiger charge is -2.38. The molecule has 26 heavy (non-hydrogen) atoms. The molecule has 6 nitrogen and oxygen atoms in total. The number of hydrogen-bond donors (Lipinski definition) is 1. The molecule has 2 unspecified atom stereocenters. The fourth-order valence-corrected chi connectivity index (χ4v) is 3.54. The molecular weight excluding hydrogens is 326 g/mol. The summed E-state index contributed by atoms with van der Waals surface area (Å²) < 4.78 is 0. The van der Waals surface area contributed by atoms with Gasteiger partial charge in [-0.1, -0.05) is 12.1 Å². The van der Waals surface area contributed by atoms with Crippen LogP contribution in [0, 0.1) is 5.92 Å². The maximum Gasteiger partial charge on any atom is 0.222 e. The van der Waals surface area contributed by atoms with Crippen molar-refractivity contribution >= 4 is 22.6 Å². The number of nitrogens with zero attached hydrogens (tertiary/aromatic N) is 4. The Morgan fingerprint density at radius 1 is 1.15 bits per heavy atom. The van der Waals surface area contributed by atoms with Gasteiger partial charge in [0.05, 0.1) is 11.4 Å². The van der Waals surface area contributed by atoms with Gasteiger partial charge >= 0.3 is 0 Å². The topological polar surface area (TPSA) is 85.0 Å². The molecule has 0 saturated carbocycles. The number of carbonyl (C=O) groups excluding carboxylic acids is 1. The van der Waals surface area contributed by atoms with E-state index in [1.165, 1.54) is 0 Å². The number of carbonyl (C=O) groups is 1. The third-order valence-corrected chi connectivity index (χ3v) is 5.06. The van der Waals surface area contributed by atoms with Crippen molar-refractivity contribution in [1.82, 2.24) is 15.0 Å². The predicted octanol–water partition coefficient (Wildman–Crippen LogP) is 2.78. The summed E-state index contributed by atoms with van der Waals surface area (Å²) in [6, 6.07) is 12.1. The number of para-hydroxylation sites is 1. The number of pyridine rings is 1. The second-order valence-corrected chi connectivity index (χ2v) is 6.81. The van der Waals surface area contributed by atoms with E-state index in [-0.39, 0.29) is 17.9 Å². The third kappa shape index (κ3) is 2.98. The quantitative estimate of drug-likeness (QED) is 0.787. The molecule has 2 N–H and O–H groups in total. The van der Waals surface area contributed by atoms with Crippen LogP contribution in [0.25, 0.3) is 22.3 Å². The number of amides is 1. The van der Waals surface area contributed by atoms with Gasteiger partial charge in [0.2, 0.25) is 5.91 Å². The number of benzene rings is 1. The average Bonchev–Trinajstić information content (AvgIpc) is 2.68. The molecule has 1 aliphatic rings. The normalized spacial score (nSPS) is 20.3. The first-order valence-corrected chi connectivity index (χ1v) is 8.86. The maximum absolute atomic E-state index is 11.7. The van der Waals surface area contributed by atoms with Crippen LogP contribution in [0.5, 0.6) is 0 Å². The highest BCUT2D eigenvalue weighted by molar-refractivity contribution is 5.91. The molecule has 3 heterocycles. The van der Waals surface area contributed by atoms with E-state index in [4.69, 9.17) is 15.7 Å². The molecule has 132 valence electrons. The summed E-state index contributed by atoms with van der Waals surface area (Å²) >= 11 is 0. The molecule has 1 saturated heterocycles. The first-order valence-electron chi connectivity index (χ1n) is 8.86. The Morgan fingerprint density at radius 3 is 2.77 bits per heavy atom. The number of aromatic nitrogens is 3. The number of fused-ring (bicyclic) bond motifs is 1. The van der Waals surface area contributed by atoms with Crippen molar-refractivity contribution in [2.45, 2.75) is 25.8 Å². The minimum Gasteiger partial charge on any atom is -0.369 e. The minimum absolute atomic E-state index is 0.151. The standard InChI is InChI=1S/C20H21N5O/c1-13-8-9-15(18(21)26)12-25(13)20-16-6-2-3-7-17(16)23-19(24-20)14-5-4-10-22-11-14/h2-7,10-11,13,15H,8-9,12H2,1H3,(H2,21,26). The molecule has 0 aliphatic carbocycles. The van der Waals surface area contributed by atoms with E-state index < -0.39 is 0 Å². The van der Waals surface area contributed by atoms with Gasteiger partial charge in [-0.3, -0.25) is 9.78 Å². The van der Waals surface area contributed by atoms with Gasteiger partial charge in [-0.25, -0.2) is 9.97 Å². The average molecular weight is 347 g/mol. The molecule has 6 heteroatoms. The van der Waals surface area contributed by atoms with Crippen molar-refractivity contribution in [1.29, 1.82) is 0 Å². The molecule has 1 aliphatic heterocycles. The van der Waals surface area contributed by atoms with Gasteiger partial charge in [-0.05, 0) is 44.0 Å². The number of rotatable bonds is 3. The van der Waals surface area contributed by atoms with Crippen molar-refractivity contribution in [2.75, 3.05) is 11.4 Å². The van der Waals surface area contributed by atoms with Gasteiger partial charge in [0.1, 0.15) is 5.82 Å². The fourth-order valence-electron chi connectivity index (χ4n) is 3.54. The lowest BCUT2D eigenvalue weighted by Crippen LogP contribution is -2.46. The van der Waals surface area contributed by atoms with Crippen molar-refractivity contribution < 1.29 is 4.79 Å². The SMILES string of the molecule is CC1CCC(C(N)=O)CN1c1nc(-c2cccnc2)nc2ccccc12. The summed E-state index contributed by atoms with van der Waals surface area (Å²) in [7, 11) is 0. The van der Waals surface area contributed by atoms with E-state index in [0.29, 0.717) is 12.4 Å². The summed E-state index contributed by atoms with van der Waals surface area (Å²) in [6.07, 6.45) is 5.23. The van der Waals surface area contributed by atoms with Gasteiger partial charge in [0, 0.05) is 35.9 Å². The Kier molecular flexibility index (Phi) is 4.24. The number of nitrogens with two attached hydrogens (primary N) is 1. The Balaban J connectivity index is 1.86. The Bertz CT molecular complexity index is 943. The number of piperidine rings is 1. The van der Waals surface area contributed by atoms with Gasteiger partial charge in [0.25, 0.3) is 0 Å². The molecular formula is C20H21N5O. The van der Waals surface area contributed by atoms with Crippen LogP contribution in [0.1, 0.15) is 19.8 Å². The molecule has 1 fully saturated rings. The van der Waals surface area contributed by atoms with Crippen LogP contribution < -0.4 is 10.6 Å². The van der Waals surface area contributed by atoms with E-state index in [0.717, 1.165) is 35.1 Å². The number of anilines is 1. The van der Waals surface area contributed by atoms with Crippen molar-refractivity contribution in [2.24, 2.45) is 11.7 Å². The van der Waals surface area contributed by atoms with Gasteiger partial charge in [-0.2, -0.15) is 0 Å². The van der Waals surface area contributed by atoms with E-state index in [1.54, 1.807) is 12.4 Å². The van der Waals surface area contributed by atoms with Crippen molar-refractivity contribution in [3.05, 3.63) is 48.8 Å². The lowest BCUT2D eigenvalue weighted by molar-refractivity contribution is -0.122. The molecule has 1 amide bonds. The summed E-state index contributed by atoms with van der Waals surface area (Å²) in [4.78, 5) is 27.7. The molecule has 0 bridgehead atoms. The molecule has 1 aromatic carbocycles. The Labute approximate surface area is 152 Å².